The second-order valence-corrected chi connectivity index (χ2v) is 6.92. The van der Waals surface area contributed by atoms with Crippen molar-refractivity contribution in [1.29, 1.82) is 0 Å². The summed E-state index contributed by atoms with van der Waals surface area (Å²) in [6.45, 7) is 5.04. The molecule has 1 amide bonds. The van der Waals surface area contributed by atoms with E-state index in [1.165, 1.54) is 0 Å². The van der Waals surface area contributed by atoms with Gasteiger partial charge in [0, 0.05) is 16.7 Å². The minimum atomic E-state index is -0.281. The van der Waals surface area contributed by atoms with Crippen LogP contribution in [-0.2, 0) is 11.3 Å². The quantitative estimate of drug-likeness (QED) is 0.690. The lowest BCUT2D eigenvalue weighted by Crippen LogP contribution is -2.39. The summed E-state index contributed by atoms with van der Waals surface area (Å²) in [5, 5.41) is 2.94. The van der Waals surface area contributed by atoms with Crippen LogP contribution in [0.4, 0.5) is 5.69 Å². The van der Waals surface area contributed by atoms with Gasteiger partial charge >= 0.3 is 0 Å². The van der Waals surface area contributed by atoms with Crippen LogP contribution < -0.4 is 14.8 Å². The molecule has 0 heterocycles. The lowest BCUT2D eigenvalue weighted by Gasteiger charge is -2.24. The number of hydrogen-bond acceptors (Lipinski definition) is 4. The highest BCUT2D eigenvalue weighted by atomic mass is 79.9. The van der Waals surface area contributed by atoms with Crippen LogP contribution in [0.15, 0.2) is 46.9 Å². The summed E-state index contributed by atoms with van der Waals surface area (Å²) < 4.78 is 11.9. The highest BCUT2D eigenvalue weighted by Crippen LogP contribution is 2.28. The molecule has 0 aromatic heterocycles. The van der Waals surface area contributed by atoms with E-state index in [4.69, 9.17) is 9.47 Å². The molecular formula is C20H25BrN2O3. The largest absolute Gasteiger partial charge is 0.493 e. The first-order valence-electron chi connectivity index (χ1n) is 8.51. The van der Waals surface area contributed by atoms with Gasteiger partial charge in [-0.15, -0.1) is 0 Å². The zero-order valence-electron chi connectivity index (χ0n) is 15.6. The van der Waals surface area contributed by atoms with Crippen LogP contribution in [0.5, 0.6) is 11.5 Å². The molecule has 0 bridgehead atoms. The van der Waals surface area contributed by atoms with Crippen LogP contribution >= 0.6 is 15.9 Å². The number of nitrogens with zero attached hydrogens (tertiary/aromatic N) is 1. The van der Waals surface area contributed by atoms with Crippen molar-refractivity contribution in [2.45, 2.75) is 26.4 Å². The summed E-state index contributed by atoms with van der Waals surface area (Å²) in [4.78, 5) is 14.5. The van der Waals surface area contributed by atoms with E-state index in [2.05, 4.69) is 21.2 Å². The third-order valence-electron chi connectivity index (χ3n) is 4.11. The Labute approximate surface area is 163 Å². The first-order chi connectivity index (χ1) is 12.4. The van der Waals surface area contributed by atoms with E-state index in [-0.39, 0.29) is 11.9 Å². The van der Waals surface area contributed by atoms with E-state index in [1.807, 2.05) is 68.3 Å². The maximum Gasteiger partial charge on any atom is 0.241 e. The van der Waals surface area contributed by atoms with Gasteiger partial charge < -0.3 is 14.8 Å². The number of hydrogen-bond donors (Lipinski definition) is 1. The number of halogens is 1. The smallest absolute Gasteiger partial charge is 0.241 e. The minimum Gasteiger partial charge on any atom is -0.493 e. The highest BCUT2D eigenvalue weighted by molar-refractivity contribution is 9.10. The molecule has 26 heavy (non-hydrogen) atoms. The Hall–Kier alpha value is -2.05. The Bertz CT molecular complexity index is 734. The second-order valence-electron chi connectivity index (χ2n) is 6.01. The van der Waals surface area contributed by atoms with E-state index in [1.54, 1.807) is 7.11 Å². The van der Waals surface area contributed by atoms with Crippen molar-refractivity contribution >= 4 is 27.5 Å². The molecule has 0 aliphatic rings. The Morgan fingerprint density at radius 2 is 1.88 bits per heavy atom. The number of methoxy groups -OCH3 is 1. The van der Waals surface area contributed by atoms with Crippen LogP contribution in [0.3, 0.4) is 0 Å². The van der Waals surface area contributed by atoms with Gasteiger partial charge in [-0.3, -0.25) is 9.69 Å². The molecule has 6 heteroatoms. The van der Waals surface area contributed by atoms with Crippen molar-refractivity contribution in [1.82, 2.24) is 4.90 Å². The maximum atomic E-state index is 12.5. The molecule has 0 saturated carbocycles. The molecule has 0 unspecified atom stereocenters. The average Bonchev–Trinajstić information content (AvgIpc) is 2.64. The molecule has 0 saturated heterocycles. The minimum absolute atomic E-state index is 0.0484. The molecule has 0 radical (unpaired) electrons. The van der Waals surface area contributed by atoms with Gasteiger partial charge in [0.2, 0.25) is 5.91 Å². The topological polar surface area (TPSA) is 50.8 Å². The lowest BCUT2D eigenvalue weighted by atomic mass is 10.1. The SMILES string of the molecule is CCOc1ccc(CN(C)[C@H](C)C(=O)Nc2ccc(Br)cc2)cc1OC. The molecular weight excluding hydrogens is 396 g/mol. The summed E-state index contributed by atoms with van der Waals surface area (Å²) in [7, 11) is 3.55. The standard InChI is InChI=1S/C20H25BrN2O3/c1-5-26-18-11-6-15(12-19(18)25-4)13-23(3)14(2)20(24)22-17-9-7-16(21)8-10-17/h6-12,14H,5,13H2,1-4H3,(H,22,24)/t14-/m1/s1. The van der Waals surface area contributed by atoms with Crippen molar-refractivity contribution in [2.75, 3.05) is 26.1 Å². The van der Waals surface area contributed by atoms with Gasteiger partial charge in [0.15, 0.2) is 11.5 Å². The molecule has 1 N–H and O–H groups in total. The van der Waals surface area contributed by atoms with E-state index in [0.29, 0.717) is 18.9 Å². The van der Waals surface area contributed by atoms with Crippen molar-refractivity contribution in [2.24, 2.45) is 0 Å². The zero-order valence-corrected chi connectivity index (χ0v) is 17.2. The highest BCUT2D eigenvalue weighted by Gasteiger charge is 2.19. The van der Waals surface area contributed by atoms with Crippen molar-refractivity contribution in [3.05, 3.63) is 52.5 Å². The average molecular weight is 421 g/mol. The third-order valence-corrected chi connectivity index (χ3v) is 4.64. The molecule has 1 atom stereocenters. The van der Waals surface area contributed by atoms with Crippen LogP contribution in [0.2, 0.25) is 0 Å². The normalized spacial score (nSPS) is 11.9. The van der Waals surface area contributed by atoms with E-state index >= 15 is 0 Å². The maximum absolute atomic E-state index is 12.5. The number of rotatable bonds is 8. The molecule has 2 aromatic rings. The van der Waals surface area contributed by atoms with Gasteiger partial charge in [-0.2, -0.15) is 0 Å². The van der Waals surface area contributed by atoms with Gasteiger partial charge in [-0.25, -0.2) is 0 Å². The predicted molar refractivity (Wildman–Crippen MR) is 108 cm³/mol. The van der Waals surface area contributed by atoms with Crippen LogP contribution in [-0.4, -0.2) is 37.6 Å². The van der Waals surface area contributed by atoms with Crippen LogP contribution in [0.25, 0.3) is 0 Å². The number of anilines is 1. The Kier molecular flexibility index (Phi) is 7.48. The molecule has 2 aromatic carbocycles. The summed E-state index contributed by atoms with van der Waals surface area (Å²) in [5.41, 5.74) is 1.83. The fourth-order valence-electron chi connectivity index (χ4n) is 2.49. The van der Waals surface area contributed by atoms with Gasteiger partial charge in [0.05, 0.1) is 19.8 Å². The fraction of sp³-hybridized carbons (Fsp3) is 0.350. The number of amides is 1. The molecule has 0 spiro atoms. The number of carbonyl (C=O) groups is 1. The summed E-state index contributed by atoms with van der Waals surface area (Å²) in [6.07, 6.45) is 0. The van der Waals surface area contributed by atoms with Gasteiger partial charge in [-0.05, 0) is 62.9 Å². The molecule has 0 aliphatic carbocycles. The van der Waals surface area contributed by atoms with Crippen LogP contribution in [0.1, 0.15) is 19.4 Å². The van der Waals surface area contributed by atoms with Crippen molar-refractivity contribution in [3.63, 3.8) is 0 Å². The Morgan fingerprint density at radius 1 is 1.19 bits per heavy atom. The molecule has 5 nitrogen and oxygen atoms in total. The summed E-state index contributed by atoms with van der Waals surface area (Å²) >= 11 is 3.39. The molecule has 0 aliphatic heterocycles. The van der Waals surface area contributed by atoms with Gasteiger partial charge in [0.25, 0.3) is 0 Å². The molecule has 2 rings (SSSR count). The summed E-state index contributed by atoms with van der Waals surface area (Å²) in [6, 6.07) is 13.1. The van der Waals surface area contributed by atoms with E-state index < -0.39 is 0 Å². The predicted octanol–water partition coefficient (Wildman–Crippen LogP) is 4.32. The number of benzene rings is 2. The fourth-order valence-corrected chi connectivity index (χ4v) is 2.75. The molecule has 140 valence electrons. The molecule has 0 fully saturated rings. The third kappa shape index (κ3) is 5.47. The van der Waals surface area contributed by atoms with Gasteiger partial charge in [-0.1, -0.05) is 22.0 Å². The first kappa shape index (κ1) is 20.3. The monoisotopic (exact) mass is 420 g/mol. The Morgan fingerprint density at radius 3 is 2.50 bits per heavy atom. The van der Waals surface area contributed by atoms with Gasteiger partial charge in [0.1, 0.15) is 0 Å². The number of nitrogens with one attached hydrogen (secondary N) is 1. The van der Waals surface area contributed by atoms with E-state index in [0.717, 1.165) is 21.5 Å². The Balaban J connectivity index is 2.00. The number of carbonyl (C=O) groups excluding carboxylic acids is 1. The summed E-state index contributed by atoms with van der Waals surface area (Å²) in [5.74, 6) is 1.37. The zero-order chi connectivity index (χ0) is 19.1. The first-order valence-corrected chi connectivity index (χ1v) is 9.30. The van der Waals surface area contributed by atoms with Crippen molar-refractivity contribution in [3.8, 4) is 11.5 Å². The number of ether oxygens (including phenoxy) is 2. The van der Waals surface area contributed by atoms with E-state index in [9.17, 15) is 4.79 Å². The van der Waals surface area contributed by atoms with Crippen molar-refractivity contribution < 1.29 is 14.3 Å². The second kappa shape index (κ2) is 9.59. The van der Waals surface area contributed by atoms with Crippen LogP contribution in [0, 0.1) is 0 Å². The number of likely N-dealkylation sites (N-methyl/N-ethyl adjacent to an activating group) is 1. The lowest BCUT2D eigenvalue weighted by molar-refractivity contribution is -0.120.